The molecule has 0 aliphatic heterocycles. The van der Waals surface area contributed by atoms with E-state index in [0.717, 1.165) is 12.8 Å². The van der Waals surface area contributed by atoms with Crippen LogP contribution >= 0.6 is 0 Å². The van der Waals surface area contributed by atoms with E-state index in [-0.39, 0.29) is 0 Å². The molecular weight excluding hydrogens is 164 g/mol. The van der Waals surface area contributed by atoms with Gasteiger partial charge in [0.05, 0.1) is 0 Å². The zero-order valence-corrected chi connectivity index (χ0v) is 7.44. The molecule has 0 radical (unpaired) electrons. The number of rotatable bonds is 5. The van der Waals surface area contributed by atoms with Crippen LogP contribution in [-0.2, 0) is 4.79 Å². The molecule has 0 fully saturated rings. The summed E-state index contributed by atoms with van der Waals surface area (Å²) in [6.45, 7) is 4.31. The fourth-order valence-corrected chi connectivity index (χ4v) is 0.899. The second-order valence-corrected chi connectivity index (χ2v) is 2.73. The Morgan fingerprint density at radius 3 is 2.17 bits per heavy atom. The van der Waals surface area contributed by atoms with E-state index in [0.29, 0.717) is 12.5 Å². The number of alkyl halides is 2. The minimum Gasteiger partial charge on any atom is -0.351 e. The normalized spacial score (nSPS) is 10.8. The monoisotopic (exact) mass is 179 g/mol. The summed E-state index contributed by atoms with van der Waals surface area (Å²) >= 11 is 0. The van der Waals surface area contributed by atoms with Crippen molar-refractivity contribution in [3.63, 3.8) is 0 Å². The van der Waals surface area contributed by atoms with Crippen molar-refractivity contribution in [2.24, 2.45) is 5.92 Å². The van der Waals surface area contributed by atoms with Crippen molar-refractivity contribution in [3.8, 4) is 0 Å². The van der Waals surface area contributed by atoms with Gasteiger partial charge >= 0.3 is 6.43 Å². The Bertz CT molecular complexity index is 135. The van der Waals surface area contributed by atoms with Gasteiger partial charge in [-0.15, -0.1) is 0 Å². The highest BCUT2D eigenvalue weighted by atomic mass is 19.3. The third kappa shape index (κ3) is 4.26. The Morgan fingerprint density at radius 2 is 1.83 bits per heavy atom. The lowest BCUT2D eigenvalue weighted by Crippen LogP contribution is -2.33. The van der Waals surface area contributed by atoms with E-state index in [1.165, 1.54) is 0 Å². The van der Waals surface area contributed by atoms with Crippen LogP contribution in [0.5, 0.6) is 0 Å². The average molecular weight is 179 g/mol. The van der Waals surface area contributed by atoms with E-state index >= 15 is 0 Å². The molecule has 0 saturated heterocycles. The Kier molecular flexibility index (Phi) is 5.58. The second kappa shape index (κ2) is 5.91. The van der Waals surface area contributed by atoms with Crippen LogP contribution < -0.4 is 5.32 Å². The second-order valence-electron chi connectivity index (χ2n) is 2.73. The van der Waals surface area contributed by atoms with E-state index in [1.807, 2.05) is 13.8 Å². The third-order valence-electron chi connectivity index (χ3n) is 1.92. The van der Waals surface area contributed by atoms with E-state index in [1.54, 1.807) is 0 Å². The van der Waals surface area contributed by atoms with Gasteiger partial charge in [0.1, 0.15) is 0 Å². The van der Waals surface area contributed by atoms with Gasteiger partial charge in [0, 0.05) is 6.54 Å². The minimum atomic E-state index is -2.89. The maximum absolute atomic E-state index is 11.7. The van der Waals surface area contributed by atoms with Crippen molar-refractivity contribution in [1.82, 2.24) is 5.32 Å². The highest BCUT2D eigenvalue weighted by molar-refractivity contribution is 5.78. The van der Waals surface area contributed by atoms with E-state index < -0.39 is 12.3 Å². The highest BCUT2D eigenvalue weighted by Crippen LogP contribution is 2.05. The number of hydrogen-bond donors (Lipinski definition) is 1. The highest BCUT2D eigenvalue weighted by Gasteiger charge is 2.15. The van der Waals surface area contributed by atoms with Crippen molar-refractivity contribution in [1.29, 1.82) is 0 Å². The lowest BCUT2D eigenvalue weighted by Gasteiger charge is -2.12. The molecule has 0 unspecified atom stereocenters. The van der Waals surface area contributed by atoms with Gasteiger partial charge in [0.15, 0.2) is 0 Å². The minimum absolute atomic E-state index is 0.313. The SMILES string of the molecule is CCC(CC)CNC(=O)C(F)F. The van der Waals surface area contributed by atoms with Gasteiger partial charge in [0.25, 0.3) is 5.91 Å². The van der Waals surface area contributed by atoms with Crippen LogP contribution in [0.2, 0.25) is 0 Å². The Balaban J connectivity index is 3.59. The number of carbonyl (C=O) groups is 1. The van der Waals surface area contributed by atoms with Gasteiger partial charge in [-0.05, 0) is 5.92 Å². The van der Waals surface area contributed by atoms with Gasteiger partial charge in [-0.3, -0.25) is 4.79 Å². The van der Waals surface area contributed by atoms with Gasteiger partial charge < -0.3 is 5.32 Å². The lowest BCUT2D eigenvalue weighted by molar-refractivity contribution is -0.131. The molecule has 1 amide bonds. The van der Waals surface area contributed by atoms with Crippen LogP contribution in [0, 0.1) is 5.92 Å². The molecule has 4 heteroatoms. The third-order valence-corrected chi connectivity index (χ3v) is 1.92. The molecule has 72 valence electrons. The summed E-state index contributed by atoms with van der Waals surface area (Å²) in [7, 11) is 0. The number of nitrogens with one attached hydrogen (secondary N) is 1. The van der Waals surface area contributed by atoms with Crippen LogP contribution in [0.15, 0.2) is 0 Å². The Morgan fingerprint density at radius 1 is 1.33 bits per heavy atom. The fraction of sp³-hybridized carbons (Fsp3) is 0.875. The number of halogens is 2. The van der Waals surface area contributed by atoms with Crippen molar-refractivity contribution in [2.75, 3.05) is 6.54 Å². The largest absolute Gasteiger partial charge is 0.351 e. The predicted molar refractivity (Wildman–Crippen MR) is 43.1 cm³/mol. The molecule has 0 aromatic carbocycles. The average Bonchev–Trinajstić information content (AvgIpc) is 2.05. The van der Waals surface area contributed by atoms with Crippen LogP contribution in [0.4, 0.5) is 8.78 Å². The van der Waals surface area contributed by atoms with Crippen LogP contribution in [0.25, 0.3) is 0 Å². The van der Waals surface area contributed by atoms with E-state index in [2.05, 4.69) is 5.32 Å². The molecule has 0 rings (SSSR count). The maximum Gasteiger partial charge on any atom is 0.315 e. The lowest BCUT2D eigenvalue weighted by atomic mass is 10.0. The van der Waals surface area contributed by atoms with E-state index in [9.17, 15) is 13.6 Å². The topological polar surface area (TPSA) is 29.1 Å². The molecule has 0 bridgehead atoms. The van der Waals surface area contributed by atoms with Crippen molar-refractivity contribution in [3.05, 3.63) is 0 Å². The summed E-state index contributed by atoms with van der Waals surface area (Å²) in [5.74, 6) is -0.852. The van der Waals surface area contributed by atoms with E-state index in [4.69, 9.17) is 0 Å². The first-order chi connectivity index (χ1) is 5.61. The molecule has 0 saturated carbocycles. The Labute approximate surface area is 71.3 Å². The standard InChI is InChI=1S/C8H15F2NO/c1-3-6(4-2)5-11-8(12)7(9)10/h6-7H,3-5H2,1-2H3,(H,11,12). The van der Waals surface area contributed by atoms with Crippen molar-refractivity contribution < 1.29 is 13.6 Å². The molecule has 12 heavy (non-hydrogen) atoms. The summed E-state index contributed by atoms with van der Waals surface area (Å²) in [6.07, 6.45) is -1.08. The molecule has 0 aromatic heterocycles. The zero-order valence-electron chi connectivity index (χ0n) is 7.44. The first kappa shape index (κ1) is 11.3. The van der Waals surface area contributed by atoms with Crippen molar-refractivity contribution in [2.45, 2.75) is 33.1 Å². The first-order valence-electron chi connectivity index (χ1n) is 4.17. The molecule has 0 spiro atoms. The van der Waals surface area contributed by atoms with Crippen LogP contribution in [-0.4, -0.2) is 18.9 Å². The molecule has 0 atom stereocenters. The molecule has 0 heterocycles. The predicted octanol–water partition coefficient (Wildman–Crippen LogP) is 1.80. The van der Waals surface area contributed by atoms with Crippen LogP contribution in [0.1, 0.15) is 26.7 Å². The zero-order chi connectivity index (χ0) is 9.56. The molecule has 2 nitrogen and oxygen atoms in total. The number of amides is 1. The number of carbonyl (C=O) groups excluding carboxylic acids is 1. The van der Waals surface area contributed by atoms with Crippen molar-refractivity contribution >= 4 is 5.91 Å². The van der Waals surface area contributed by atoms with Gasteiger partial charge in [-0.1, -0.05) is 26.7 Å². The van der Waals surface area contributed by atoms with Gasteiger partial charge in [-0.2, -0.15) is 8.78 Å². The smallest absolute Gasteiger partial charge is 0.315 e. The quantitative estimate of drug-likeness (QED) is 0.685. The maximum atomic E-state index is 11.7. The number of hydrogen-bond acceptors (Lipinski definition) is 1. The molecular formula is C8H15F2NO. The van der Waals surface area contributed by atoms with Gasteiger partial charge in [-0.25, -0.2) is 0 Å². The summed E-state index contributed by atoms with van der Waals surface area (Å²) < 4.78 is 23.3. The molecule has 0 aliphatic rings. The first-order valence-corrected chi connectivity index (χ1v) is 4.17. The van der Waals surface area contributed by atoms with Crippen LogP contribution in [0.3, 0.4) is 0 Å². The summed E-state index contributed by atoms with van der Waals surface area (Å²) in [4.78, 5) is 10.4. The summed E-state index contributed by atoms with van der Waals surface area (Å²) in [5.41, 5.74) is 0. The van der Waals surface area contributed by atoms with Gasteiger partial charge in [0.2, 0.25) is 0 Å². The Hall–Kier alpha value is -0.670. The molecule has 1 N–H and O–H groups in total. The summed E-state index contributed by atoms with van der Waals surface area (Å²) in [5, 5.41) is 2.20. The molecule has 0 aromatic rings. The molecule has 0 aliphatic carbocycles. The summed E-state index contributed by atoms with van der Waals surface area (Å²) in [6, 6.07) is 0. The fourth-order valence-electron chi connectivity index (χ4n) is 0.899.